The summed E-state index contributed by atoms with van der Waals surface area (Å²) in [6.07, 6.45) is 0.133. The molecular formula is C16H14ClNO3. The second-order valence-electron chi connectivity index (χ2n) is 4.68. The number of rotatable bonds is 6. The normalized spacial score (nSPS) is 11.9. The summed E-state index contributed by atoms with van der Waals surface area (Å²) >= 11 is 5.85. The summed E-state index contributed by atoms with van der Waals surface area (Å²) in [6.45, 7) is 0. The van der Waals surface area contributed by atoms with E-state index in [1.54, 1.807) is 12.1 Å². The zero-order valence-electron chi connectivity index (χ0n) is 11.2. The molecule has 21 heavy (non-hydrogen) atoms. The zero-order chi connectivity index (χ0) is 15.2. The molecule has 0 fully saturated rings. The van der Waals surface area contributed by atoms with Crippen LogP contribution in [0.25, 0.3) is 11.1 Å². The number of carboxylic acid groups (broad SMARTS) is 1. The first-order chi connectivity index (χ1) is 10.1. The Morgan fingerprint density at radius 3 is 2.05 bits per heavy atom. The Balaban J connectivity index is 2.15. The van der Waals surface area contributed by atoms with Crippen molar-refractivity contribution >= 4 is 17.6 Å². The van der Waals surface area contributed by atoms with Crippen molar-refractivity contribution in [3.8, 4) is 11.1 Å². The van der Waals surface area contributed by atoms with Gasteiger partial charge < -0.3 is 5.11 Å². The number of benzene rings is 2. The molecule has 0 saturated carbocycles. The van der Waals surface area contributed by atoms with Crippen molar-refractivity contribution in [2.45, 2.75) is 18.9 Å². The van der Waals surface area contributed by atoms with Gasteiger partial charge in [0.15, 0.2) is 0 Å². The molecule has 1 atom stereocenters. The Kier molecular flexibility index (Phi) is 5.06. The molecule has 0 aromatic heterocycles. The van der Waals surface area contributed by atoms with Crippen LogP contribution in [0.4, 0.5) is 0 Å². The van der Waals surface area contributed by atoms with Gasteiger partial charge in [0.25, 0.3) is 0 Å². The average Bonchev–Trinajstić information content (AvgIpc) is 2.49. The minimum Gasteiger partial charge on any atom is -0.481 e. The highest BCUT2D eigenvalue weighted by molar-refractivity contribution is 6.30. The summed E-state index contributed by atoms with van der Waals surface area (Å²) < 4.78 is 0. The van der Waals surface area contributed by atoms with Crippen LogP contribution in [-0.4, -0.2) is 11.1 Å². The van der Waals surface area contributed by atoms with Crippen LogP contribution in [0.15, 0.2) is 53.7 Å². The highest BCUT2D eigenvalue weighted by Gasteiger charge is 2.13. The van der Waals surface area contributed by atoms with Crippen molar-refractivity contribution in [3.63, 3.8) is 0 Å². The van der Waals surface area contributed by atoms with Gasteiger partial charge in [-0.25, -0.2) is 0 Å². The van der Waals surface area contributed by atoms with E-state index in [0.717, 1.165) is 16.7 Å². The molecule has 4 nitrogen and oxygen atoms in total. The van der Waals surface area contributed by atoms with Crippen LogP contribution in [0.2, 0.25) is 5.02 Å². The van der Waals surface area contributed by atoms with Gasteiger partial charge in [0.1, 0.15) is 6.04 Å². The Morgan fingerprint density at radius 1 is 1.05 bits per heavy atom. The summed E-state index contributed by atoms with van der Waals surface area (Å²) in [7, 11) is 0. The van der Waals surface area contributed by atoms with Crippen LogP contribution < -0.4 is 0 Å². The monoisotopic (exact) mass is 303 g/mol. The first-order valence-electron chi connectivity index (χ1n) is 6.50. The van der Waals surface area contributed by atoms with Gasteiger partial charge in [0.2, 0.25) is 0 Å². The predicted octanol–water partition coefficient (Wildman–Crippen LogP) is 4.68. The zero-order valence-corrected chi connectivity index (χ0v) is 12.0. The van der Waals surface area contributed by atoms with E-state index in [2.05, 4.69) is 5.18 Å². The standard InChI is InChI=1S/C16H14ClNO3/c17-14-7-5-12(6-8-14)11-1-3-13(4-2-11)15(18-21)9-10-16(19)20/h1-8,15H,9-10H2,(H,19,20). The largest absolute Gasteiger partial charge is 0.481 e. The van der Waals surface area contributed by atoms with Crippen molar-refractivity contribution in [2.24, 2.45) is 5.18 Å². The lowest BCUT2D eigenvalue weighted by Gasteiger charge is -2.09. The van der Waals surface area contributed by atoms with Crippen molar-refractivity contribution < 1.29 is 9.90 Å². The second-order valence-corrected chi connectivity index (χ2v) is 5.12. The van der Waals surface area contributed by atoms with Gasteiger partial charge in [0.05, 0.1) is 0 Å². The Bertz CT molecular complexity index is 623. The number of hydrogen-bond acceptors (Lipinski definition) is 3. The fourth-order valence-corrected chi connectivity index (χ4v) is 2.21. The van der Waals surface area contributed by atoms with Crippen LogP contribution in [0.1, 0.15) is 24.4 Å². The van der Waals surface area contributed by atoms with Crippen molar-refractivity contribution in [1.29, 1.82) is 0 Å². The quantitative estimate of drug-likeness (QED) is 0.788. The van der Waals surface area contributed by atoms with Gasteiger partial charge in [0, 0.05) is 11.4 Å². The van der Waals surface area contributed by atoms with E-state index < -0.39 is 12.0 Å². The fourth-order valence-electron chi connectivity index (χ4n) is 2.08. The molecule has 0 spiro atoms. The van der Waals surface area contributed by atoms with E-state index in [-0.39, 0.29) is 12.8 Å². The molecular weight excluding hydrogens is 290 g/mol. The third-order valence-corrected chi connectivity index (χ3v) is 3.48. The molecule has 0 aliphatic heterocycles. The lowest BCUT2D eigenvalue weighted by atomic mass is 9.99. The molecule has 0 aliphatic rings. The number of nitrogens with zero attached hydrogens (tertiary/aromatic N) is 1. The third-order valence-electron chi connectivity index (χ3n) is 3.23. The van der Waals surface area contributed by atoms with Crippen LogP contribution in [-0.2, 0) is 4.79 Å². The van der Waals surface area contributed by atoms with E-state index in [9.17, 15) is 9.70 Å². The first-order valence-corrected chi connectivity index (χ1v) is 6.88. The molecule has 1 unspecified atom stereocenters. The maximum absolute atomic E-state index is 10.9. The van der Waals surface area contributed by atoms with Gasteiger partial charge in [-0.15, -0.1) is 0 Å². The molecule has 0 heterocycles. The molecule has 0 bridgehead atoms. The van der Waals surface area contributed by atoms with Crippen molar-refractivity contribution in [3.05, 3.63) is 64.0 Å². The van der Waals surface area contributed by atoms with Crippen molar-refractivity contribution in [1.82, 2.24) is 0 Å². The lowest BCUT2D eigenvalue weighted by molar-refractivity contribution is -0.137. The SMILES string of the molecule is O=NC(CCC(=O)O)c1ccc(-c2ccc(Cl)cc2)cc1. The molecule has 1 N–H and O–H groups in total. The molecule has 0 saturated heterocycles. The minimum atomic E-state index is -0.929. The van der Waals surface area contributed by atoms with Crippen LogP contribution in [0.5, 0.6) is 0 Å². The summed E-state index contributed by atoms with van der Waals surface area (Å²) in [4.78, 5) is 21.4. The van der Waals surface area contributed by atoms with E-state index in [1.807, 2.05) is 36.4 Å². The van der Waals surface area contributed by atoms with Crippen LogP contribution in [0.3, 0.4) is 0 Å². The smallest absolute Gasteiger partial charge is 0.303 e. The van der Waals surface area contributed by atoms with Gasteiger partial charge in [-0.3, -0.25) is 4.79 Å². The summed E-state index contributed by atoms with van der Waals surface area (Å²) in [5.74, 6) is -0.929. The predicted molar refractivity (Wildman–Crippen MR) is 82.3 cm³/mol. The summed E-state index contributed by atoms with van der Waals surface area (Å²) in [5, 5.41) is 12.4. The Morgan fingerprint density at radius 2 is 1.57 bits per heavy atom. The van der Waals surface area contributed by atoms with E-state index in [1.165, 1.54) is 0 Å². The number of carboxylic acids is 1. The lowest BCUT2D eigenvalue weighted by Crippen LogP contribution is -2.00. The highest BCUT2D eigenvalue weighted by atomic mass is 35.5. The number of carbonyl (C=O) groups is 1. The van der Waals surface area contributed by atoms with Gasteiger partial charge >= 0.3 is 5.97 Å². The summed E-state index contributed by atoms with van der Waals surface area (Å²) in [5.41, 5.74) is 2.74. The fraction of sp³-hybridized carbons (Fsp3) is 0.188. The van der Waals surface area contributed by atoms with Gasteiger partial charge in [-0.1, -0.05) is 53.2 Å². The maximum atomic E-state index is 10.9. The minimum absolute atomic E-state index is 0.0741. The molecule has 2 aromatic carbocycles. The average molecular weight is 304 g/mol. The Labute approximate surface area is 127 Å². The summed E-state index contributed by atoms with van der Waals surface area (Å²) in [6, 6.07) is 14.2. The Hall–Kier alpha value is -2.20. The van der Waals surface area contributed by atoms with Crippen LogP contribution >= 0.6 is 11.6 Å². The number of nitroso groups, excluding NO2 is 1. The van der Waals surface area contributed by atoms with Gasteiger partial charge in [-0.05, 0) is 35.2 Å². The number of halogens is 1. The van der Waals surface area contributed by atoms with Crippen molar-refractivity contribution in [2.75, 3.05) is 0 Å². The highest BCUT2D eigenvalue weighted by Crippen LogP contribution is 2.27. The molecule has 2 rings (SSSR count). The number of aliphatic carboxylic acids is 1. The number of hydrogen-bond donors (Lipinski definition) is 1. The van der Waals surface area contributed by atoms with E-state index in [0.29, 0.717) is 5.02 Å². The molecule has 0 radical (unpaired) electrons. The molecule has 2 aromatic rings. The second kappa shape index (κ2) is 6.99. The molecule has 0 aliphatic carbocycles. The first kappa shape index (κ1) is 15.2. The molecule has 0 amide bonds. The van der Waals surface area contributed by atoms with E-state index >= 15 is 0 Å². The van der Waals surface area contributed by atoms with E-state index in [4.69, 9.17) is 16.7 Å². The van der Waals surface area contributed by atoms with Crippen LogP contribution in [0, 0.1) is 4.91 Å². The molecule has 5 heteroatoms. The molecule has 108 valence electrons. The third kappa shape index (κ3) is 4.13. The topological polar surface area (TPSA) is 66.7 Å². The maximum Gasteiger partial charge on any atom is 0.303 e. The van der Waals surface area contributed by atoms with Gasteiger partial charge in [-0.2, -0.15) is 4.91 Å².